The fourth-order valence-corrected chi connectivity index (χ4v) is 3.37. The lowest BCUT2D eigenvalue weighted by atomic mass is 10.3. The molecule has 0 radical (unpaired) electrons. The lowest BCUT2D eigenvalue weighted by Gasteiger charge is -2.04. The third-order valence-corrected chi connectivity index (χ3v) is 4.61. The predicted molar refractivity (Wildman–Crippen MR) is 85.2 cm³/mol. The molecule has 0 atom stereocenters. The molecule has 112 valence electrons. The molecule has 0 N–H and O–H groups in total. The first-order valence-corrected chi connectivity index (χ1v) is 7.78. The molecular formula is C14H11N3O3S2. The summed E-state index contributed by atoms with van der Waals surface area (Å²) in [6, 6.07) is 1.74. The Morgan fingerprint density at radius 1 is 0.955 bits per heavy atom. The van der Waals surface area contributed by atoms with Crippen LogP contribution in [0.25, 0.3) is 9.66 Å². The normalized spacial score (nSPS) is 10.1. The Hall–Kier alpha value is -2.37. The molecule has 22 heavy (non-hydrogen) atoms. The fourth-order valence-electron chi connectivity index (χ4n) is 1.66. The van der Waals surface area contributed by atoms with Gasteiger partial charge in [0.25, 0.3) is 5.19 Å². The summed E-state index contributed by atoms with van der Waals surface area (Å²) in [5.41, 5.74) is 0.535. The average Bonchev–Trinajstić information content (AvgIpc) is 3.10. The van der Waals surface area contributed by atoms with Crippen molar-refractivity contribution in [1.82, 2.24) is 15.0 Å². The maximum absolute atomic E-state index is 5.26. The third kappa shape index (κ3) is 2.81. The number of thiazole rings is 2. The molecule has 3 aromatic heterocycles. The monoisotopic (exact) mass is 333 g/mol. The van der Waals surface area contributed by atoms with E-state index in [9.17, 15) is 0 Å². The van der Waals surface area contributed by atoms with Crippen LogP contribution in [0.4, 0.5) is 0 Å². The molecule has 0 unspecified atom stereocenters. The van der Waals surface area contributed by atoms with Crippen LogP contribution >= 0.6 is 22.7 Å². The summed E-state index contributed by atoms with van der Waals surface area (Å²) in [5, 5.41) is 1.28. The highest BCUT2D eigenvalue weighted by molar-refractivity contribution is 7.27. The Morgan fingerprint density at radius 2 is 1.77 bits per heavy atom. The standard InChI is InChI=1S/C14H11N3O3S2/c1-18-8-6-10(19-2)9(15-7-8)4-5-11-16-12-13(21-11)17-14(20-3)22-12/h6-7H,1-3H3. The molecule has 0 saturated carbocycles. The summed E-state index contributed by atoms with van der Waals surface area (Å²) in [5.74, 6) is 7.13. The van der Waals surface area contributed by atoms with Gasteiger partial charge in [0.05, 0.1) is 27.5 Å². The van der Waals surface area contributed by atoms with Crippen LogP contribution in [0.5, 0.6) is 16.7 Å². The van der Waals surface area contributed by atoms with Gasteiger partial charge in [0.2, 0.25) is 0 Å². The number of hydrogen-bond acceptors (Lipinski definition) is 8. The first-order chi connectivity index (χ1) is 10.7. The summed E-state index contributed by atoms with van der Waals surface area (Å²) in [6.07, 6.45) is 1.60. The van der Waals surface area contributed by atoms with Gasteiger partial charge >= 0.3 is 0 Å². The molecule has 8 heteroatoms. The Balaban J connectivity index is 1.91. The number of aromatic nitrogens is 3. The van der Waals surface area contributed by atoms with E-state index < -0.39 is 0 Å². The van der Waals surface area contributed by atoms with E-state index in [1.54, 1.807) is 33.6 Å². The molecule has 0 aliphatic rings. The number of fused-ring (bicyclic) bond motifs is 1. The zero-order valence-electron chi connectivity index (χ0n) is 12.0. The molecule has 0 aliphatic carbocycles. The van der Waals surface area contributed by atoms with Crippen molar-refractivity contribution in [1.29, 1.82) is 0 Å². The Morgan fingerprint density at radius 3 is 2.45 bits per heavy atom. The summed E-state index contributed by atoms with van der Waals surface area (Å²) in [7, 11) is 4.73. The van der Waals surface area contributed by atoms with Gasteiger partial charge < -0.3 is 14.2 Å². The Labute approximate surface area is 134 Å². The maximum Gasteiger partial charge on any atom is 0.276 e. The second kappa shape index (κ2) is 6.17. The molecule has 0 aromatic carbocycles. The van der Waals surface area contributed by atoms with Crippen LogP contribution in [0.1, 0.15) is 10.7 Å². The van der Waals surface area contributed by atoms with Gasteiger partial charge in [-0.3, -0.25) is 0 Å². The minimum absolute atomic E-state index is 0.535. The van der Waals surface area contributed by atoms with Crippen molar-refractivity contribution in [3.63, 3.8) is 0 Å². The van der Waals surface area contributed by atoms with E-state index in [1.807, 2.05) is 0 Å². The summed E-state index contributed by atoms with van der Waals surface area (Å²) < 4.78 is 15.4. The average molecular weight is 333 g/mol. The second-order valence-corrected chi connectivity index (χ2v) is 5.91. The van der Waals surface area contributed by atoms with Crippen molar-refractivity contribution >= 4 is 32.3 Å². The SMILES string of the molecule is COc1cnc(C#Cc2nc3sc(OC)nc3s2)c(OC)c1. The molecule has 0 saturated heterocycles. The first kappa shape index (κ1) is 14.6. The number of rotatable bonds is 3. The van der Waals surface area contributed by atoms with Gasteiger partial charge in [-0.05, 0) is 11.8 Å². The highest BCUT2D eigenvalue weighted by atomic mass is 32.1. The molecule has 6 nitrogen and oxygen atoms in total. The van der Waals surface area contributed by atoms with Crippen LogP contribution < -0.4 is 14.2 Å². The van der Waals surface area contributed by atoms with Gasteiger partial charge in [0, 0.05) is 6.07 Å². The van der Waals surface area contributed by atoms with E-state index in [1.165, 1.54) is 22.7 Å². The molecule has 0 amide bonds. The summed E-state index contributed by atoms with van der Waals surface area (Å²) in [6.45, 7) is 0. The second-order valence-electron chi connectivity index (χ2n) is 3.99. The van der Waals surface area contributed by atoms with Crippen molar-refractivity contribution in [2.75, 3.05) is 21.3 Å². The molecule has 0 bridgehead atoms. The third-order valence-electron chi connectivity index (χ3n) is 2.70. The Kier molecular flexibility index (Phi) is 4.09. The van der Waals surface area contributed by atoms with Gasteiger partial charge in [0.1, 0.15) is 5.75 Å². The summed E-state index contributed by atoms with van der Waals surface area (Å²) in [4.78, 5) is 14.6. The van der Waals surface area contributed by atoms with E-state index in [2.05, 4.69) is 26.8 Å². The van der Waals surface area contributed by atoms with Gasteiger partial charge in [-0.15, -0.1) is 0 Å². The minimum Gasteiger partial charge on any atom is -0.495 e. The Bertz CT molecular complexity index is 845. The molecule has 0 fully saturated rings. The minimum atomic E-state index is 0.535. The van der Waals surface area contributed by atoms with Crippen LogP contribution in [0, 0.1) is 11.8 Å². The van der Waals surface area contributed by atoms with Gasteiger partial charge in [0.15, 0.2) is 26.1 Å². The molecule has 3 aromatic rings. The van der Waals surface area contributed by atoms with Crippen LogP contribution in [0.2, 0.25) is 0 Å². The lowest BCUT2D eigenvalue weighted by Crippen LogP contribution is -1.93. The molecular weight excluding hydrogens is 322 g/mol. The van der Waals surface area contributed by atoms with Crippen LogP contribution in [0.3, 0.4) is 0 Å². The van der Waals surface area contributed by atoms with Gasteiger partial charge in [-0.2, -0.15) is 4.98 Å². The molecule has 3 heterocycles. The van der Waals surface area contributed by atoms with E-state index >= 15 is 0 Å². The maximum atomic E-state index is 5.26. The van der Waals surface area contributed by atoms with Crippen molar-refractivity contribution in [2.45, 2.75) is 0 Å². The predicted octanol–water partition coefficient (Wildman–Crippen LogP) is 2.57. The van der Waals surface area contributed by atoms with E-state index in [0.717, 1.165) is 9.66 Å². The van der Waals surface area contributed by atoms with Crippen molar-refractivity contribution in [3.8, 4) is 28.5 Å². The lowest BCUT2D eigenvalue weighted by molar-refractivity contribution is 0.390. The van der Waals surface area contributed by atoms with Crippen molar-refractivity contribution in [2.24, 2.45) is 0 Å². The molecule has 0 spiro atoms. The zero-order chi connectivity index (χ0) is 15.5. The van der Waals surface area contributed by atoms with Crippen LogP contribution in [-0.4, -0.2) is 36.3 Å². The van der Waals surface area contributed by atoms with Crippen molar-refractivity contribution < 1.29 is 14.2 Å². The van der Waals surface area contributed by atoms with Gasteiger partial charge in [-0.1, -0.05) is 22.7 Å². The number of pyridine rings is 1. The number of nitrogens with zero attached hydrogens (tertiary/aromatic N) is 3. The van der Waals surface area contributed by atoms with E-state index in [4.69, 9.17) is 14.2 Å². The zero-order valence-corrected chi connectivity index (χ0v) is 13.7. The van der Waals surface area contributed by atoms with Crippen LogP contribution in [-0.2, 0) is 0 Å². The fraction of sp³-hybridized carbons (Fsp3) is 0.214. The number of hydrogen-bond donors (Lipinski definition) is 0. The number of methoxy groups -OCH3 is 3. The highest BCUT2D eigenvalue weighted by Gasteiger charge is 2.09. The topological polar surface area (TPSA) is 66.4 Å². The first-order valence-electron chi connectivity index (χ1n) is 6.15. The number of ether oxygens (including phenoxy) is 3. The highest BCUT2D eigenvalue weighted by Crippen LogP contribution is 2.30. The quantitative estimate of drug-likeness (QED) is 0.686. The van der Waals surface area contributed by atoms with E-state index in [0.29, 0.717) is 27.4 Å². The molecule has 3 rings (SSSR count). The smallest absolute Gasteiger partial charge is 0.276 e. The van der Waals surface area contributed by atoms with Crippen molar-refractivity contribution in [3.05, 3.63) is 23.0 Å². The van der Waals surface area contributed by atoms with Crippen LogP contribution in [0.15, 0.2) is 12.3 Å². The molecule has 0 aliphatic heterocycles. The summed E-state index contributed by atoms with van der Waals surface area (Å²) >= 11 is 2.81. The largest absolute Gasteiger partial charge is 0.495 e. The van der Waals surface area contributed by atoms with E-state index in [-0.39, 0.29) is 0 Å². The van der Waals surface area contributed by atoms with Gasteiger partial charge in [-0.25, -0.2) is 9.97 Å².